The molecule has 0 radical (unpaired) electrons. The number of hydrogen-bond donors (Lipinski definition) is 1. The minimum atomic E-state index is -3.53. The molecule has 2 heterocycles. The molecule has 4 nitrogen and oxygen atoms in total. The molecule has 0 spiro atoms. The van der Waals surface area contributed by atoms with Gasteiger partial charge in [0.2, 0.25) is 10.0 Å². The van der Waals surface area contributed by atoms with Crippen molar-refractivity contribution in [3.05, 3.63) is 77.5 Å². The Labute approximate surface area is 156 Å². The summed E-state index contributed by atoms with van der Waals surface area (Å²) in [6.07, 6.45) is 4.28. The lowest BCUT2D eigenvalue weighted by atomic mass is 10.00. The van der Waals surface area contributed by atoms with Crippen LogP contribution in [0.1, 0.15) is 17.5 Å². The van der Waals surface area contributed by atoms with Gasteiger partial charge in [-0.2, -0.15) is 4.31 Å². The second-order valence-electron chi connectivity index (χ2n) is 6.62. The van der Waals surface area contributed by atoms with Crippen LogP contribution in [0, 0.1) is 11.6 Å². The van der Waals surface area contributed by atoms with Crippen LogP contribution in [0.5, 0.6) is 0 Å². The number of halogens is 2. The topological polar surface area (TPSA) is 53.2 Å². The predicted octanol–water partition coefficient (Wildman–Crippen LogP) is 4.07. The molecule has 1 aromatic heterocycles. The summed E-state index contributed by atoms with van der Waals surface area (Å²) in [5.74, 6) is -0.970. The quantitative estimate of drug-likeness (QED) is 0.733. The molecule has 27 heavy (non-hydrogen) atoms. The average Bonchev–Trinajstić information content (AvgIpc) is 3.04. The van der Waals surface area contributed by atoms with Crippen molar-refractivity contribution in [2.45, 2.75) is 12.2 Å². The first-order chi connectivity index (χ1) is 12.9. The number of nitrogens with zero attached hydrogens (tertiary/aromatic N) is 1. The molecule has 1 N–H and O–H groups in total. The van der Waals surface area contributed by atoms with Gasteiger partial charge in [-0.25, -0.2) is 17.2 Å². The van der Waals surface area contributed by atoms with Crippen molar-refractivity contribution >= 4 is 26.5 Å². The highest BCUT2D eigenvalue weighted by molar-refractivity contribution is 7.88. The summed E-state index contributed by atoms with van der Waals surface area (Å²) in [5.41, 5.74) is 3.15. The highest BCUT2D eigenvalue weighted by atomic mass is 32.2. The predicted molar refractivity (Wildman–Crippen MR) is 101 cm³/mol. The van der Waals surface area contributed by atoms with Crippen LogP contribution in [-0.4, -0.2) is 30.8 Å². The lowest BCUT2D eigenvalue weighted by molar-refractivity contribution is 0.440. The molecule has 0 saturated heterocycles. The highest BCUT2D eigenvalue weighted by Gasteiger charge is 2.25. The maximum absolute atomic E-state index is 13.3. The monoisotopic (exact) mass is 388 g/mol. The fourth-order valence-electron chi connectivity index (χ4n) is 3.44. The van der Waals surface area contributed by atoms with Crippen molar-refractivity contribution < 1.29 is 17.2 Å². The largest absolute Gasteiger partial charge is 0.360 e. The summed E-state index contributed by atoms with van der Waals surface area (Å²) >= 11 is 0. The van der Waals surface area contributed by atoms with Crippen LogP contribution < -0.4 is 0 Å². The first kappa shape index (κ1) is 17.9. The van der Waals surface area contributed by atoms with Gasteiger partial charge >= 0.3 is 0 Å². The van der Waals surface area contributed by atoms with E-state index >= 15 is 0 Å². The van der Waals surface area contributed by atoms with E-state index in [1.165, 1.54) is 34.6 Å². The van der Waals surface area contributed by atoms with Crippen molar-refractivity contribution in [2.75, 3.05) is 13.1 Å². The molecular formula is C20H18F2N2O2S. The third-order valence-corrected chi connectivity index (χ3v) is 6.61. The Balaban J connectivity index is 1.53. The van der Waals surface area contributed by atoms with Crippen molar-refractivity contribution in [3.8, 4) is 0 Å². The molecule has 0 amide bonds. The Morgan fingerprint density at radius 1 is 1.07 bits per heavy atom. The van der Waals surface area contributed by atoms with E-state index in [-0.39, 0.29) is 18.1 Å². The molecular weight excluding hydrogens is 370 g/mol. The molecule has 7 heteroatoms. The molecule has 1 aliphatic heterocycles. The summed E-state index contributed by atoms with van der Waals surface area (Å²) in [6, 6.07) is 10.2. The molecule has 0 unspecified atom stereocenters. The van der Waals surface area contributed by atoms with Gasteiger partial charge < -0.3 is 4.98 Å². The Morgan fingerprint density at radius 2 is 1.89 bits per heavy atom. The van der Waals surface area contributed by atoms with Gasteiger partial charge in [-0.1, -0.05) is 18.2 Å². The SMILES string of the molecule is O=S(=O)(Cc1cccc(F)c1)N1CC=C(c2c[nH]c3cc(F)ccc23)CC1. The van der Waals surface area contributed by atoms with Gasteiger partial charge in [-0.15, -0.1) is 0 Å². The molecule has 0 bridgehead atoms. The molecule has 2 aromatic carbocycles. The summed E-state index contributed by atoms with van der Waals surface area (Å²) in [7, 11) is -3.53. The summed E-state index contributed by atoms with van der Waals surface area (Å²) < 4.78 is 53.3. The fourth-order valence-corrected chi connectivity index (χ4v) is 4.90. The third-order valence-electron chi connectivity index (χ3n) is 4.79. The second-order valence-corrected chi connectivity index (χ2v) is 8.58. The number of sulfonamides is 1. The summed E-state index contributed by atoms with van der Waals surface area (Å²) in [4.78, 5) is 3.06. The Kier molecular flexibility index (Phi) is 4.57. The molecule has 3 aromatic rings. The number of nitrogens with one attached hydrogen (secondary N) is 1. The van der Waals surface area contributed by atoms with Gasteiger partial charge in [-0.05, 0) is 47.9 Å². The van der Waals surface area contributed by atoms with E-state index < -0.39 is 15.8 Å². The van der Waals surface area contributed by atoms with Gasteiger partial charge in [0.1, 0.15) is 11.6 Å². The number of aromatic nitrogens is 1. The standard InChI is InChI=1S/C20H18F2N2O2S/c21-16-3-1-2-14(10-16)13-27(25,26)24-8-6-15(7-9-24)19-12-23-20-11-17(22)4-5-18(19)20/h1-6,10-12,23H,7-9,13H2. The lowest BCUT2D eigenvalue weighted by Crippen LogP contribution is -2.35. The summed E-state index contributed by atoms with van der Waals surface area (Å²) in [6.45, 7) is 0.623. The molecule has 1 aliphatic rings. The van der Waals surface area contributed by atoms with Crippen molar-refractivity contribution in [2.24, 2.45) is 0 Å². The molecule has 4 rings (SSSR count). The Bertz CT molecular complexity index is 1140. The first-order valence-electron chi connectivity index (χ1n) is 8.61. The second kappa shape index (κ2) is 6.90. The zero-order valence-electron chi connectivity index (χ0n) is 14.5. The van der Waals surface area contributed by atoms with Crippen molar-refractivity contribution in [1.82, 2.24) is 9.29 Å². The molecule has 0 aliphatic carbocycles. The van der Waals surface area contributed by atoms with E-state index in [1.54, 1.807) is 12.1 Å². The Morgan fingerprint density at radius 3 is 2.63 bits per heavy atom. The van der Waals surface area contributed by atoms with Gasteiger partial charge in [0, 0.05) is 35.8 Å². The lowest BCUT2D eigenvalue weighted by Gasteiger charge is -2.26. The van der Waals surface area contributed by atoms with E-state index in [9.17, 15) is 17.2 Å². The number of hydrogen-bond acceptors (Lipinski definition) is 2. The fraction of sp³-hybridized carbons (Fsp3) is 0.200. The van der Waals surface area contributed by atoms with Crippen molar-refractivity contribution in [3.63, 3.8) is 0 Å². The van der Waals surface area contributed by atoms with Crippen LogP contribution in [-0.2, 0) is 15.8 Å². The zero-order valence-corrected chi connectivity index (χ0v) is 15.3. The van der Waals surface area contributed by atoms with E-state index in [2.05, 4.69) is 4.98 Å². The minimum Gasteiger partial charge on any atom is -0.360 e. The third kappa shape index (κ3) is 3.65. The normalized spacial score (nSPS) is 15.9. The first-order valence-corrected chi connectivity index (χ1v) is 10.2. The molecule has 0 fully saturated rings. The highest BCUT2D eigenvalue weighted by Crippen LogP contribution is 2.30. The number of benzene rings is 2. The number of aromatic amines is 1. The van der Waals surface area contributed by atoms with Crippen LogP contribution in [0.3, 0.4) is 0 Å². The van der Waals surface area contributed by atoms with Crippen LogP contribution in [0.4, 0.5) is 8.78 Å². The smallest absolute Gasteiger partial charge is 0.218 e. The molecule has 0 atom stereocenters. The van der Waals surface area contributed by atoms with Gasteiger partial charge in [0.15, 0.2) is 0 Å². The maximum Gasteiger partial charge on any atom is 0.218 e. The average molecular weight is 388 g/mol. The van der Waals surface area contributed by atoms with Crippen LogP contribution in [0.2, 0.25) is 0 Å². The van der Waals surface area contributed by atoms with Gasteiger partial charge in [0.05, 0.1) is 5.75 Å². The van der Waals surface area contributed by atoms with Crippen molar-refractivity contribution in [1.29, 1.82) is 0 Å². The maximum atomic E-state index is 13.3. The van der Waals surface area contributed by atoms with E-state index in [0.717, 1.165) is 16.5 Å². The molecule has 0 saturated carbocycles. The van der Waals surface area contributed by atoms with Gasteiger partial charge in [-0.3, -0.25) is 0 Å². The van der Waals surface area contributed by atoms with E-state index in [1.807, 2.05) is 12.3 Å². The molecule has 140 valence electrons. The van der Waals surface area contributed by atoms with E-state index in [0.29, 0.717) is 24.0 Å². The number of fused-ring (bicyclic) bond motifs is 1. The minimum absolute atomic E-state index is 0.222. The number of H-pyrrole nitrogens is 1. The zero-order chi connectivity index (χ0) is 19.0. The van der Waals surface area contributed by atoms with Crippen LogP contribution in [0.15, 0.2) is 54.7 Å². The van der Waals surface area contributed by atoms with Gasteiger partial charge in [0.25, 0.3) is 0 Å². The van der Waals surface area contributed by atoms with Crippen LogP contribution in [0.25, 0.3) is 16.5 Å². The van der Waals surface area contributed by atoms with E-state index in [4.69, 9.17) is 0 Å². The summed E-state index contributed by atoms with van der Waals surface area (Å²) in [5, 5.41) is 0.915. The Hall–Kier alpha value is -2.51. The van der Waals surface area contributed by atoms with Crippen LogP contribution >= 0.6 is 0 Å². The number of rotatable bonds is 4.